The summed E-state index contributed by atoms with van der Waals surface area (Å²) in [5.41, 5.74) is 2.36. The second-order valence-electron chi connectivity index (χ2n) is 10.5. The molecular weight excluding hydrogens is 574 g/mol. The maximum atomic E-state index is 14.9. The van der Waals surface area contributed by atoms with E-state index in [1.54, 1.807) is 20.3 Å². The molecule has 0 amide bonds. The number of hydrogen-bond donors (Lipinski definition) is 0. The van der Waals surface area contributed by atoms with Crippen molar-refractivity contribution in [2.75, 3.05) is 14.2 Å². The van der Waals surface area contributed by atoms with Gasteiger partial charge in [-0.3, -0.25) is 0 Å². The van der Waals surface area contributed by atoms with E-state index in [1.165, 1.54) is 0 Å². The van der Waals surface area contributed by atoms with Crippen LogP contribution in [0.3, 0.4) is 0 Å². The van der Waals surface area contributed by atoms with Crippen LogP contribution in [0.5, 0.6) is 11.5 Å². The van der Waals surface area contributed by atoms with Gasteiger partial charge in [0.05, 0.1) is 23.6 Å². The normalized spacial score (nSPS) is 18.2. The highest BCUT2D eigenvalue weighted by Crippen LogP contribution is 2.50. The van der Waals surface area contributed by atoms with E-state index in [4.69, 9.17) is 9.47 Å². The molecule has 0 N–H and O–H groups in total. The predicted octanol–water partition coefficient (Wildman–Crippen LogP) is 8.31. The number of methoxy groups -OCH3 is 2. The van der Waals surface area contributed by atoms with Gasteiger partial charge in [0.25, 0.3) is 0 Å². The van der Waals surface area contributed by atoms with Gasteiger partial charge in [0.1, 0.15) is 11.5 Å². The van der Waals surface area contributed by atoms with Crippen LogP contribution in [-0.2, 0) is 16.6 Å². The van der Waals surface area contributed by atoms with Gasteiger partial charge < -0.3 is 9.47 Å². The molecule has 210 valence electrons. The molecule has 0 aromatic heterocycles. The molecule has 1 heterocycles. The number of nitrogens with zero attached hydrogens (tertiary/aromatic N) is 1. The Morgan fingerprint density at radius 1 is 0.923 bits per heavy atom. The van der Waals surface area contributed by atoms with Crippen molar-refractivity contribution in [2.24, 2.45) is 0 Å². The summed E-state index contributed by atoms with van der Waals surface area (Å²) < 4.78 is 43.3. The van der Waals surface area contributed by atoms with E-state index >= 15 is 0 Å². The summed E-state index contributed by atoms with van der Waals surface area (Å²) in [6.45, 7) is 4.66. The van der Waals surface area contributed by atoms with Crippen LogP contribution >= 0.6 is 15.9 Å². The van der Waals surface area contributed by atoms with Gasteiger partial charge in [-0.1, -0.05) is 82.0 Å². The van der Waals surface area contributed by atoms with Crippen molar-refractivity contribution >= 4 is 26.0 Å². The number of unbranched alkanes of at least 4 members (excludes halogenated alkanes) is 2. The Morgan fingerprint density at radius 3 is 2.13 bits per heavy atom. The molecule has 1 unspecified atom stereocenters. The number of benzene rings is 3. The number of sulfonamides is 1. The van der Waals surface area contributed by atoms with Gasteiger partial charge in [-0.05, 0) is 70.1 Å². The highest BCUT2D eigenvalue weighted by molar-refractivity contribution is 9.10. The van der Waals surface area contributed by atoms with Crippen molar-refractivity contribution in [1.29, 1.82) is 0 Å². The number of ether oxygens (including phenoxy) is 2. The number of fused-ring (bicyclic) bond motifs is 1. The zero-order valence-corrected chi connectivity index (χ0v) is 25.9. The third-order valence-electron chi connectivity index (χ3n) is 8.02. The monoisotopic (exact) mass is 613 g/mol. The average Bonchev–Trinajstić information content (AvgIpc) is 3.03. The minimum Gasteiger partial charge on any atom is -0.497 e. The lowest BCUT2D eigenvalue weighted by molar-refractivity contribution is 0.129. The van der Waals surface area contributed by atoms with Gasteiger partial charge in [0.2, 0.25) is 10.0 Å². The molecule has 5 nitrogen and oxygen atoms in total. The molecule has 7 heteroatoms. The molecule has 1 aliphatic heterocycles. The smallest absolute Gasteiger partial charge is 0.244 e. The predicted molar refractivity (Wildman–Crippen MR) is 161 cm³/mol. The van der Waals surface area contributed by atoms with Crippen molar-refractivity contribution in [2.45, 2.75) is 81.7 Å². The summed E-state index contributed by atoms with van der Waals surface area (Å²) in [5, 5.41) is 0. The van der Waals surface area contributed by atoms with Crippen LogP contribution in [0.4, 0.5) is 0 Å². The number of rotatable bonds is 11. The van der Waals surface area contributed by atoms with Crippen LogP contribution in [0, 0.1) is 0 Å². The first kappa shape index (κ1) is 29.6. The van der Waals surface area contributed by atoms with Crippen molar-refractivity contribution < 1.29 is 17.9 Å². The van der Waals surface area contributed by atoms with Crippen molar-refractivity contribution in [3.63, 3.8) is 0 Å². The fourth-order valence-corrected chi connectivity index (χ4v) is 8.49. The van der Waals surface area contributed by atoms with Crippen LogP contribution in [0.1, 0.15) is 81.4 Å². The first-order valence-corrected chi connectivity index (χ1v) is 16.1. The van der Waals surface area contributed by atoms with Gasteiger partial charge in [-0.15, -0.1) is 0 Å². The van der Waals surface area contributed by atoms with Crippen LogP contribution < -0.4 is 9.47 Å². The van der Waals surface area contributed by atoms with E-state index in [9.17, 15) is 8.42 Å². The van der Waals surface area contributed by atoms with Gasteiger partial charge in [0, 0.05) is 24.1 Å². The third-order valence-corrected chi connectivity index (χ3v) is 10.6. The Kier molecular flexibility index (Phi) is 9.78. The maximum absolute atomic E-state index is 14.9. The van der Waals surface area contributed by atoms with Crippen LogP contribution in [0.2, 0.25) is 0 Å². The van der Waals surface area contributed by atoms with E-state index < -0.39 is 15.6 Å². The van der Waals surface area contributed by atoms with Crippen LogP contribution in [0.15, 0.2) is 76.1 Å². The molecule has 0 bridgehead atoms. The molecular formula is C32H40BrNO4S. The van der Waals surface area contributed by atoms with Crippen molar-refractivity contribution in [3.8, 4) is 11.5 Å². The van der Waals surface area contributed by atoms with E-state index in [1.807, 2.05) is 52.8 Å². The molecule has 4 rings (SSSR count). The third kappa shape index (κ3) is 6.21. The van der Waals surface area contributed by atoms with Crippen molar-refractivity contribution in [3.05, 3.63) is 87.9 Å². The van der Waals surface area contributed by atoms with Crippen LogP contribution in [-0.4, -0.2) is 32.5 Å². The van der Waals surface area contributed by atoms with E-state index in [0.717, 1.165) is 71.9 Å². The Morgan fingerprint density at radius 2 is 1.56 bits per heavy atom. The minimum atomic E-state index is -3.89. The SMILES string of the molecule is CCCCC1(CCCC)CC(c2ccccc2)c2cc(Br)c(OC)cc2S(=O)(=O)N1Cc1ccc(OC)cc1. The van der Waals surface area contributed by atoms with Gasteiger partial charge >= 0.3 is 0 Å². The first-order valence-electron chi connectivity index (χ1n) is 13.9. The van der Waals surface area contributed by atoms with E-state index in [2.05, 4.69) is 41.9 Å². The van der Waals surface area contributed by atoms with Crippen LogP contribution in [0.25, 0.3) is 0 Å². The largest absolute Gasteiger partial charge is 0.497 e. The standard InChI is InChI=1S/C32H40BrNO4S/c1-5-7-18-32(19-8-6-2)22-28(25-12-10-9-11-13-25)27-20-29(33)30(38-4)21-31(27)39(35,36)34(32)23-24-14-16-26(37-3)17-15-24/h9-17,20-21,28H,5-8,18-19,22-23H2,1-4H3. The molecule has 0 spiro atoms. The van der Waals surface area contributed by atoms with E-state index in [-0.39, 0.29) is 5.92 Å². The van der Waals surface area contributed by atoms with Gasteiger partial charge in [-0.25, -0.2) is 8.42 Å². The molecule has 1 atom stereocenters. The molecule has 0 saturated carbocycles. The molecule has 0 saturated heterocycles. The quantitative estimate of drug-likeness (QED) is 0.218. The Hall–Kier alpha value is -2.35. The second-order valence-corrected chi connectivity index (χ2v) is 13.2. The number of hydrogen-bond acceptors (Lipinski definition) is 4. The molecule has 0 aliphatic carbocycles. The molecule has 0 radical (unpaired) electrons. The lowest BCUT2D eigenvalue weighted by Crippen LogP contribution is -2.51. The highest BCUT2D eigenvalue weighted by atomic mass is 79.9. The summed E-state index contributed by atoms with van der Waals surface area (Å²) in [6.07, 6.45) is 6.28. The summed E-state index contributed by atoms with van der Waals surface area (Å²) in [6, 6.07) is 21.8. The Balaban J connectivity index is 1.99. The molecule has 1 aliphatic rings. The fraction of sp³-hybridized carbons (Fsp3) is 0.438. The average molecular weight is 615 g/mol. The summed E-state index contributed by atoms with van der Waals surface area (Å²) in [5.74, 6) is 1.20. The molecule has 3 aromatic carbocycles. The Labute approximate surface area is 242 Å². The topological polar surface area (TPSA) is 55.8 Å². The van der Waals surface area contributed by atoms with Gasteiger partial charge in [0.15, 0.2) is 0 Å². The number of halogens is 1. The minimum absolute atomic E-state index is 0.0761. The zero-order chi connectivity index (χ0) is 28.0. The molecule has 39 heavy (non-hydrogen) atoms. The summed E-state index contributed by atoms with van der Waals surface area (Å²) >= 11 is 3.65. The Bertz CT molecular complexity index is 1330. The highest BCUT2D eigenvalue weighted by Gasteiger charge is 2.49. The van der Waals surface area contributed by atoms with Crippen molar-refractivity contribution in [1.82, 2.24) is 4.31 Å². The lowest BCUT2D eigenvalue weighted by atomic mass is 9.75. The molecule has 0 fully saturated rings. The summed E-state index contributed by atoms with van der Waals surface area (Å²) in [7, 11) is -0.675. The fourth-order valence-electron chi connectivity index (χ4n) is 5.89. The first-order chi connectivity index (χ1) is 18.8. The van der Waals surface area contributed by atoms with Gasteiger partial charge in [-0.2, -0.15) is 4.31 Å². The molecule has 3 aromatic rings. The lowest BCUT2D eigenvalue weighted by Gasteiger charge is -2.44. The summed E-state index contributed by atoms with van der Waals surface area (Å²) in [4.78, 5) is 0.333. The zero-order valence-electron chi connectivity index (χ0n) is 23.5. The second kappa shape index (κ2) is 12.9. The van der Waals surface area contributed by atoms with E-state index in [0.29, 0.717) is 17.2 Å². The maximum Gasteiger partial charge on any atom is 0.244 e.